The van der Waals surface area contributed by atoms with Gasteiger partial charge in [0.25, 0.3) is 0 Å². The molecule has 2 aromatic carbocycles. The first-order valence-corrected chi connectivity index (χ1v) is 15.1. The number of ether oxygens (including phenoxy) is 1. The first-order chi connectivity index (χ1) is 17.0. The Hall–Kier alpha value is -2.49. The molecule has 0 unspecified atom stereocenters. The van der Waals surface area contributed by atoms with E-state index < -0.39 is 20.0 Å². The van der Waals surface area contributed by atoms with Crippen LogP contribution in [0.4, 0.5) is 0 Å². The lowest BCUT2D eigenvalue weighted by Crippen LogP contribution is -2.39. The third-order valence-electron chi connectivity index (χ3n) is 6.81. The molecule has 11 heteroatoms. The summed E-state index contributed by atoms with van der Waals surface area (Å²) in [6.07, 6.45) is 2.56. The van der Waals surface area contributed by atoms with Crippen molar-refractivity contribution in [3.05, 3.63) is 58.7 Å². The Morgan fingerprint density at radius 2 is 1.72 bits per heavy atom. The zero-order valence-electron chi connectivity index (χ0n) is 20.8. The molecule has 2 aliphatic rings. The Labute approximate surface area is 214 Å². The molecule has 0 atom stereocenters. The second-order valence-electron chi connectivity index (χ2n) is 9.73. The molecule has 0 N–H and O–H groups in total. The fourth-order valence-corrected chi connectivity index (χ4v) is 6.64. The van der Waals surface area contributed by atoms with E-state index >= 15 is 0 Å². The molecule has 0 amide bonds. The molecular weight excluding hydrogens is 500 g/mol. The molecule has 0 saturated carbocycles. The lowest BCUT2D eigenvalue weighted by molar-refractivity contribution is 0.182. The first kappa shape index (κ1) is 26.6. The summed E-state index contributed by atoms with van der Waals surface area (Å²) in [5, 5.41) is 9.16. The van der Waals surface area contributed by atoms with Crippen LogP contribution in [0.1, 0.15) is 35.1 Å². The van der Waals surface area contributed by atoms with E-state index in [0.29, 0.717) is 56.9 Å². The largest absolute Gasteiger partial charge is 0.492 e. The van der Waals surface area contributed by atoms with Gasteiger partial charge in [0.2, 0.25) is 20.0 Å². The third-order valence-corrected chi connectivity index (χ3v) is 9.95. The molecule has 2 aromatic rings. The average Bonchev–Trinajstić information content (AvgIpc) is 3.24. The zero-order chi connectivity index (χ0) is 26.1. The van der Waals surface area contributed by atoms with Crippen molar-refractivity contribution < 1.29 is 21.6 Å². The van der Waals surface area contributed by atoms with Gasteiger partial charge < -0.3 is 4.74 Å². The Balaban J connectivity index is 1.47. The molecule has 9 nitrogen and oxygen atoms in total. The van der Waals surface area contributed by atoms with E-state index in [1.807, 2.05) is 24.3 Å². The fraction of sp³-hybridized carbons (Fsp3) is 0.480. The minimum Gasteiger partial charge on any atom is -0.492 e. The van der Waals surface area contributed by atoms with Crippen LogP contribution in [-0.4, -0.2) is 70.4 Å². The van der Waals surface area contributed by atoms with Gasteiger partial charge in [0.05, 0.1) is 24.5 Å². The number of sulfonamides is 2. The molecule has 2 heterocycles. The number of benzene rings is 2. The highest BCUT2D eigenvalue weighted by Gasteiger charge is 2.28. The summed E-state index contributed by atoms with van der Waals surface area (Å²) in [7, 11) is -3.95. The number of rotatable bonds is 8. The summed E-state index contributed by atoms with van der Waals surface area (Å²) < 4.78 is 58.4. The van der Waals surface area contributed by atoms with Gasteiger partial charge in [0.15, 0.2) is 0 Å². The van der Waals surface area contributed by atoms with Gasteiger partial charge in [-0.05, 0) is 59.7 Å². The van der Waals surface area contributed by atoms with Crippen LogP contribution in [0.25, 0.3) is 0 Å². The lowest BCUT2D eigenvalue weighted by Gasteiger charge is -2.30. The molecule has 4 rings (SSSR count). The maximum absolute atomic E-state index is 13.1. The molecule has 1 fully saturated rings. The Morgan fingerprint density at radius 1 is 1.03 bits per heavy atom. The predicted octanol–water partition coefficient (Wildman–Crippen LogP) is 2.37. The van der Waals surface area contributed by atoms with Crippen LogP contribution in [0.5, 0.6) is 5.75 Å². The van der Waals surface area contributed by atoms with Gasteiger partial charge in [-0.1, -0.05) is 12.1 Å². The number of nitrogens with zero attached hydrogens (tertiary/aromatic N) is 4. The highest BCUT2D eigenvalue weighted by Crippen LogP contribution is 2.31. The summed E-state index contributed by atoms with van der Waals surface area (Å²) in [4.78, 5) is 2.34. The van der Waals surface area contributed by atoms with Crippen LogP contribution in [0, 0.1) is 17.2 Å². The van der Waals surface area contributed by atoms with Gasteiger partial charge >= 0.3 is 0 Å². The quantitative estimate of drug-likeness (QED) is 0.513. The van der Waals surface area contributed by atoms with Crippen LogP contribution in [0.3, 0.4) is 0 Å². The molecule has 0 aromatic heterocycles. The number of hydrogen-bond acceptors (Lipinski definition) is 7. The van der Waals surface area contributed by atoms with Crippen LogP contribution in [0.15, 0.2) is 41.3 Å². The van der Waals surface area contributed by atoms with E-state index in [1.165, 1.54) is 34.5 Å². The Kier molecular flexibility index (Phi) is 7.73. The predicted molar refractivity (Wildman–Crippen MR) is 136 cm³/mol. The molecule has 36 heavy (non-hydrogen) atoms. The van der Waals surface area contributed by atoms with Gasteiger partial charge in [-0.3, -0.25) is 4.90 Å². The van der Waals surface area contributed by atoms with Gasteiger partial charge in [-0.15, -0.1) is 0 Å². The van der Waals surface area contributed by atoms with E-state index in [2.05, 4.69) is 11.0 Å². The number of piperidine rings is 1. The molecule has 0 aliphatic carbocycles. The number of nitriles is 1. The van der Waals surface area contributed by atoms with Crippen molar-refractivity contribution >= 4 is 20.0 Å². The third kappa shape index (κ3) is 5.90. The van der Waals surface area contributed by atoms with Crippen LogP contribution in [0.2, 0.25) is 0 Å². The van der Waals surface area contributed by atoms with Crippen LogP contribution >= 0.6 is 0 Å². The van der Waals surface area contributed by atoms with Gasteiger partial charge in [-0.2, -0.15) is 5.26 Å². The van der Waals surface area contributed by atoms with E-state index in [4.69, 9.17) is 10.00 Å². The van der Waals surface area contributed by atoms with Crippen molar-refractivity contribution in [1.29, 1.82) is 5.26 Å². The van der Waals surface area contributed by atoms with Crippen molar-refractivity contribution in [2.45, 2.75) is 37.4 Å². The van der Waals surface area contributed by atoms with Crippen molar-refractivity contribution in [3.8, 4) is 11.8 Å². The number of fused-ring (bicyclic) bond motifs is 1. The summed E-state index contributed by atoms with van der Waals surface area (Å²) in [5.41, 5.74) is 3.80. The maximum Gasteiger partial charge on any atom is 0.246 e. The van der Waals surface area contributed by atoms with Crippen molar-refractivity contribution in [2.75, 3.05) is 40.0 Å². The van der Waals surface area contributed by atoms with Gasteiger partial charge in [0.1, 0.15) is 10.6 Å². The standard InChI is InChI=1S/C25H32N4O5S2/c1-27(2)36(32,33)25-13-21(15-28-16-22-6-4-20(14-26)12-23(22)17-28)5-7-24(25)34-18-19-8-10-29(11-9-19)35(3,30)31/h4-7,12-13,19H,8-11,15-18H2,1-3H3. The second kappa shape index (κ2) is 10.5. The molecule has 194 valence electrons. The zero-order valence-corrected chi connectivity index (χ0v) is 22.5. The van der Waals surface area contributed by atoms with Crippen molar-refractivity contribution in [2.24, 2.45) is 5.92 Å². The fourth-order valence-electron chi connectivity index (χ4n) is 4.69. The molecule has 0 radical (unpaired) electrons. The Morgan fingerprint density at radius 3 is 2.36 bits per heavy atom. The molecule has 0 spiro atoms. The molecule has 1 saturated heterocycles. The van der Waals surface area contributed by atoms with E-state index in [-0.39, 0.29) is 10.8 Å². The summed E-state index contributed by atoms with van der Waals surface area (Å²) in [6.45, 7) is 3.23. The lowest BCUT2D eigenvalue weighted by atomic mass is 9.99. The second-order valence-corrected chi connectivity index (χ2v) is 13.8. The maximum atomic E-state index is 13.1. The Bertz CT molecular complexity index is 1380. The molecule has 0 bridgehead atoms. The summed E-state index contributed by atoms with van der Waals surface area (Å²) in [6, 6.07) is 13.2. The highest BCUT2D eigenvalue weighted by molar-refractivity contribution is 7.89. The van der Waals surface area contributed by atoms with Crippen molar-refractivity contribution in [1.82, 2.24) is 13.5 Å². The smallest absolute Gasteiger partial charge is 0.246 e. The topological polar surface area (TPSA) is 111 Å². The minimum absolute atomic E-state index is 0.127. The van der Waals surface area contributed by atoms with E-state index in [9.17, 15) is 16.8 Å². The SMILES string of the molecule is CN(C)S(=O)(=O)c1cc(CN2Cc3ccc(C#N)cc3C2)ccc1OCC1CCN(S(C)(=O)=O)CC1. The normalized spacial score (nSPS) is 17.8. The highest BCUT2D eigenvalue weighted by atomic mass is 32.2. The van der Waals surface area contributed by atoms with Gasteiger partial charge in [-0.25, -0.2) is 25.4 Å². The monoisotopic (exact) mass is 532 g/mol. The summed E-state index contributed by atoms with van der Waals surface area (Å²) in [5.74, 6) is 0.459. The van der Waals surface area contributed by atoms with E-state index in [1.54, 1.807) is 12.1 Å². The number of hydrogen-bond donors (Lipinski definition) is 0. The molecular formula is C25H32N4O5S2. The van der Waals surface area contributed by atoms with Crippen LogP contribution in [-0.2, 0) is 39.7 Å². The van der Waals surface area contributed by atoms with Crippen LogP contribution < -0.4 is 4.74 Å². The first-order valence-electron chi connectivity index (χ1n) is 11.8. The van der Waals surface area contributed by atoms with Crippen molar-refractivity contribution in [3.63, 3.8) is 0 Å². The van der Waals surface area contributed by atoms with E-state index in [0.717, 1.165) is 17.7 Å². The average molecular weight is 533 g/mol. The summed E-state index contributed by atoms with van der Waals surface area (Å²) >= 11 is 0. The minimum atomic E-state index is -3.74. The van der Waals surface area contributed by atoms with Gasteiger partial charge in [0, 0.05) is 46.8 Å². The molecule has 2 aliphatic heterocycles.